The number of carbonyl (C=O) groups excluding carboxylic acids is 2. The standard InChI is InChI=1S/C32H27N3O3/c36-19-28(32(38)34-25-14-16-27-24(18-25)7-3-17-33-27)35-29(37)8-2-4-20-9-10-23-12-11-21-5-1-6-22-13-15-26(20)31(23)30(21)22/h1,3,5-7,9-18,28,36H,2,4,8,19H2,(H,34,38)(H,35,37). The van der Waals surface area contributed by atoms with Gasteiger partial charge in [-0.3, -0.25) is 14.6 Å². The van der Waals surface area contributed by atoms with Crippen molar-refractivity contribution in [3.63, 3.8) is 0 Å². The number of nitrogens with zero attached hydrogens (tertiary/aromatic N) is 1. The molecule has 188 valence electrons. The number of benzene rings is 5. The minimum Gasteiger partial charge on any atom is -0.394 e. The quantitative estimate of drug-likeness (QED) is 0.238. The highest BCUT2D eigenvalue weighted by Gasteiger charge is 2.20. The average Bonchev–Trinajstić information content (AvgIpc) is 2.95. The maximum atomic E-state index is 12.7. The Bertz CT molecular complexity index is 1780. The molecule has 1 aromatic heterocycles. The van der Waals surface area contributed by atoms with Crippen molar-refractivity contribution in [3.05, 3.63) is 96.7 Å². The third-order valence-electron chi connectivity index (χ3n) is 7.17. The Hall–Kier alpha value is -4.55. The molecule has 0 saturated heterocycles. The summed E-state index contributed by atoms with van der Waals surface area (Å²) in [6.45, 7) is -0.484. The Balaban J connectivity index is 1.10. The molecule has 0 aliphatic heterocycles. The zero-order chi connectivity index (χ0) is 26.1. The number of hydrogen-bond donors (Lipinski definition) is 3. The topological polar surface area (TPSA) is 91.3 Å². The van der Waals surface area contributed by atoms with Crippen LogP contribution < -0.4 is 10.6 Å². The summed E-state index contributed by atoms with van der Waals surface area (Å²) in [5.74, 6) is -0.726. The highest BCUT2D eigenvalue weighted by Crippen LogP contribution is 2.36. The lowest BCUT2D eigenvalue weighted by Gasteiger charge is -2.17. The molecule has 6 nitrogen and oxygen atoms in total. The van der Waals surface area contributed by atoms with E-state index >= 15 is 0 Å². The zero-order valence-corrected chi connectivity index (χ0v) is 20.8. The first-order valence-corrected chi connectivity index (χ1v) is 12.8. The molecule has 6 aromatic rings. The van der Waals surface area contributed by atoms with Gasteiger partial charge in [0.2, 0.25) is 11.8 Å². The van der Waals surface area contributed by atoms with Gasteiger partial charge < -0.3 is 15.7 Å². The van der Waals surface area contributed by atoms with Crippen molar-refractivity contribution in [2.45, 2.75) is 25.3 Å². The van der Waals surface area contributed by atoms with Crippen molar-refractivity contribution in [2.75, 3.05) is 11.9 Å². The fraction of sp³-hybridized carbons (Fsp3) is 0.156. The number of pyridine rings is 1. The van der Waals surface area contributed by atoms with Crippen LogP contribution in [0.15, 0.2) is 91.1 Å². The molecule has 6 rings (SSSR count). The van der Waals surface area contributed by atoms with E-state index in [2.05, 4.69) is 70.2 Å². The number of nitrogens with one attached hydrogen (secondary N) is 2. The Labute approximate surface area is 219 Å². The van der Waals surface area contributed by atoms with Gasteiger partial charge in [0.05, 0.1) is 12.1 Å². The fourth-order valence-electron chi connectivity index (χ4n) is 5.30. The molecule has 38 heavy (non-hydrogen) atoms. The second-order valence-electron chi connectivity index (χ2n) is 9.64. The first-order valence-electron chi connectivity index (χ1n) is 12.8. The number of aliphatic hydroxyl groups excluding tert-OH is 1. The summed E-state index contributed by atoms with van der Waals surface area (Å²) in [6, 6.07) is 27.4. The first-order chi connectivity index (χ1) is 18.6. The van der Waals surface area contributed by atoms with Gasteiger partial charge in [0.1, 0.15) is 6.04 Å². The highest BCUT2D eigenvalue weighted by atomic mass is 16.3. The van der Waals surface area contributed by atoms with E-state index in [9.17, 15) is 14.7 Å². The second-order valence-corrected chi connectivity index (χ2v) is 9.64. The van der Waals surface area contributed by atoms with Crippen LogP contribution in [-0.2, 0) is 16.0 Å². The first kappa shape index (κ1) is 23.8. The van der Waals surface area contributed by atoms with E-state index in [-0.39, 0.29) is 12.3 Å². The van der Waals surface area contributed by atoms with Crippen molar-refractivity contribution in [1.29, 1.82) is 0 Å². The molecular weight excluding hydrogens is 474 g/mol. The molecule has 0 saturated carbocycles. The largest absolute Gasteiger partial charge is 0.394 e. The Kier molecular flexibility index (Phi) is 6.32. The van der Waals surface area contributed by atoms with Crippen LogP contribution in [-0.4, -0.2) is 34.6 Å². The number of amides is 2. The lowest BCUT2D eigenvalue weighted by Crippen LogP contribution is -2.46. The summed E-state index contributed by atoms with van der Waals surface area (Å²) in [6.07, 6.45) is 3.34. The summed E-state index contributed by atoms with van der Waals surface area (Å²) in [4.78, 5) is 29.7. The zero-order valence-electron chi connectivity index (χ0n) is 20.8. The third kappa shape index (κ3) is 4.51. The van der Waals surface area contributed by atoms with E-state index in [0.717, 1.165) is 17.3 Å². The number of carbonyl (C=O) groups is 2. The SMILES string of the molecule is O=C(CCCc1ccc2ccc3cccc4ccc1c2c34)NC(CO)C(=O)Nc1ccc2ncccc2c1. The molecule has 3 N–H and O–H groups in total. The summed E-state index contributed by atoms with van der Waals surface area (Å²) in [5.41, 5.74) is 2.60. The third-order valence-corrected chi connectivity index (χ3v) is 7.17. The van der Waals surface area contributed by atoms with Crippen LogP contribution in [0.5, 0.6) is 0 Å². The van der Waals surface area contributed by atoms with Gasteiger partial charge >= 0.3 is 0 Å². The summed E-state index contributed by atoms with van der Waals surface area (Å²) < 4.78 is 0. The second kappa shape index (κ2) is 10.1. The predicted octanol–water partition coefficient (Wildman–Crippen LogP) is 5.57. The summed E-state index contributed by atoms with van der Waals surface area (Å²) in [7, 11) is 0. The molecule has 0 bridgehead atoms. The minimum absolute atomic E-state index is 0.257. The normalized spacial score (nSPS) is 12.3. The summed E-state index contributed by atoms with van der Waals surface area (Å²) in [5, 5.41) is 23.5. The van der Waals surface area contributed by atoms with Crippen molar-refractivity contribution in [3.8, 4) is 0 Å². The molecule has 0 radical (unpaired) electrons. The molecule has 1 heterocycles. The molecule has 1 unspecified atom stereocenters. The van der Waals surface area contributed by atoms with Crippen LogP contribution in [0.3, 0.4) is 0 Å². The molecule has 5 aromatic carbocycles. The van der Waals surface area contributed by atoms with Gasteiger partial charge in [-0.15, -0.1) is 0 Å². The number of aromatic nitrogens is 1. The molecule has 1 atom stereocenters. The molecule has 0 aliphatic carbocycles. The van der Waals surface area contributed by atoms with E-state index < -0.39 is 18.6 Å². The molecule has 0 spiro atoms. The van der Waals surface area contributed by atoms with Crippen LogP contribution in [0, 0.1) is 0 Å². The van der Waals surface area contributed by atoms with Gasteiger partial charge in [-0.1, -0.05) is 60.7 Å². The number of rotatable bonds is 8. The van der Waals surface area contributed by atoms with Gasteiger partial charge in [-0.25, -0.2) is 0 Å². The van der Waals surface area contributed by atoms with Gasteiger partial charge in [-0.05, 0) is 75.0 Å². The Morgan fingerprint density at radius 1 is 0.816 bits per heavy atom. The monoisotopic (exact) mass is 501 g/mol. The number of aliphatic hydroxyl groups is 1. The van der Waals surface area contributed by atoms with Crippen LogP contribution in [0.2, 0.25) is 0 Å². The molecule has 0 aliphatic rings. The number of aryl methyl sites for hydroxylation is 1. The number of anilines is 1. The van der Waals surface area contributed by atoms with Crippen molar-refractivity contribution >= 4 is 60.7 Å². The smallest absolute Gasteiger partial charge is 0.249 e. The maximum absolute atomic E-state index is 12.7. The van der Waals surface area contributed by atoms with Gasteiger partial charge in [0, 0.05) is 23.7 Å². The number of fused-ring (bicyclic) bond motifs is 1. The molecule has 6 heteroatoms. The number of hydrogen-bond acceptors (Lipinski definition) is 4. The van der Waals surface area contributed by atoms with Gasteiger partial charge in [0.15, 0.2) is 0 Å². The Morgan fingerprint density at radius 2 is 1.55 bits per heavy atom. The average molecular weight is 502 g/mol. The lowest BCUT2D eigenvalue weighted by atomic mass is 9.90. The van der Waals surface area contributed by atoms with E-state index in [1.165, 1.54) is 37.9 Å². The van der Waals surface area contributed by atoms with Crippen LogP contribution in [0.1, 0.15) is 18.4 Å². The molecule has 0 fully saturated rings. The van der Waals surface area contributed by atoms with Crippen LogP contribution in [0.4, 0.5) is 5.69 Å². The van der Waals surface area contributed by atoms with Gasteiger partial charge in [-0.2, -0.15) is 0 Å². The van der Waals surface area contributed by atoms with Crippen molar-refractivity contribution in [1.82, 2.24) is 10.3 Å². The van der Waals surface area contributed by atoms with E-state index in [1.54, 1.807) is 12.3 Å². The van der Waals surface area contributed by atoms with E-state index in [4.69, 9.17) is 0 Å². The van der Waals surface area contributed by atoms with Crippen LogP contribution in [0.25, 0.3) is 43.2 Å². The van der Waals surface area contributed by atoms with Gasteiger partial charge in [0.25, 0.3) is 0 Å². The molecular formula is C32H27N3O3. The van der Waals surface area contributed by atoms with E-state index in [0.29, 0.717) is 12.1 Å². The fourth-order valence-corrected chi connectivity index (χ4v) is 5.30. The maximum Gasteiger partial charge on any atom is 0.249 e. The minimum atomic E-state index is -1.03. The van der Waals surface area contributed by atoms with Crippen molar-refractivity contribution < 1.29 is 14.7 Å². The summed E-state index contributed by atoms with van der Waals surface area (Å²) >= 11 is 0. The highest BCUT2D eigenvalue weighted by molar-refractivity contribution is 6.23. The molecule has 2 amide bonds. The lowest BCUT2D eigenvalue weighted by molar-refractivity contribution is -0.127. The Morgan fingerprint density at radius 3 is 2.37 bits per heavy atom. The van der Waals surface area contributed by atoms with Crippen molar-refractivity contribution in [2.24, 2.45) is 0 Å². The van der Waals surface area contributed by atoms with E-state index in [1.807, 2.05) is 24.3 Å². The predicted molar refractivity (Wildman–Crippen MR) is 152 cm³/mol. The van der Waals surface area contributed by atoms with Crippen LogP contribution >= 0.6 is 0 Å².